The van der Waals surface area contributed by atoms with Crippen molar-refractivity contribution in [1.82, 2.24) is 9.78 Å². The molecule has 1 aliphatic rings. The van der Waals surface area contributed by atoms with Gasteiger partial charge in [-0.25, -0.2) is 13.2 Å². The third kappa shape index (κ3) is 2.89. The van der Waals surface area contributed by atoms with Gasteiger partial charge in [0.1, 0.15) is 21.2 Å². The first-order chi connectivity index (χ1) is 8.80. The van der Waals surface area contributed by atoms with Gasteiger partial charge in [0, 0.05) is 13.1 Å². The molecule has 1 aromatic heterocycles. The predicted octanol–water partition coefficient (Wildman–Crippen LogP) is 0.416. The van der Waals surface area contributed by atoms with Gasteiger partial charge < -0.3 is 10.4 Å². The number of nitrogens with zero attached hydrogens (tertiary/aromatic N) is 2. The molecule has 19 heavy (non-hydrogen) atoms. The average molecular weight is 287 g/mol. The Morgan fingerprint density at radius 3 is 2.53 bits per heavy atom. The van der Waals surface area contributed by atoms with E-state index in [1.54, 1.807) is 14.0 Å². The molecule has 0 atom stereocenters. The molecule has 7 nitrogen and oxygen atoms in total. The molecule has 2 rings (SSSR count). The highest BCUT2D eigenvalue weighted by atomic mass is 32.2. The third-order valence-corrected chi connectivity index (χ3v) is 5.05. The first-order valence-corrected chi connectivity index (χ1v) is 7.86. The van der Waals surface area contributed by atoms with Gasteiger partial charge in [-0.05, 0) is 19.8 Å². The Balaban J connectivity index is 2.18. The molecule has 0 radical (unpaired) electrons. The summed E-state index contributed by atoms with van der Waals surface area (Å²) >= 11 is 0. The van der Waals surface area contributed by atoms with Crippen molar-refractivity contribution in [2.45, 2.75) is 25.8 Å². The number of rotatable bonds is 3. The number of nitrogens with one attached hydrogen (secondary N) is 1. The summed E-state index contributed by atoms with van der Waals surface area (Å²) in [4.78, 5) is 11.2. The van der Waals surface area contributed by atoms with Gasteiger partial charge in [-0.3, -0.25) is 4.68 Å². The van der Waals surface area contributed by atoms with Crippen molar-refractivity contribution in [3.63, 3.8) is 0 Å². The first kappa shape index (κ1) is 13.9. The number of sulfone groups is 1. The molecular formula is C11H17N3O4S. The van der Waals surface area contributed by atoms with Gasteiger partial charge >= 0.3 is 5.97 Å². The monoisotopic (exact) mass is 287 g/mol. The molecular weight excluding hydrogens is 270 g/mol. The highest BCUT2D eigenvalue weighted by molar-refractivity contribution is 7.91. The smallest absolute Gasteiger partial charge is 0.341 e. The minimum Gasteiger partial charge on any atom is -0.477 e. The van der Waals surface area contributed by atoms with Crippen LogP contribution in [0.3, 0.4) is 0 Å². The normalized spacial score (nSPS) is 19.3. The summed E-state index contributed by atoms with van der Waals surface area (Å²) in [5.74, 6) is -0.306. The molecule has 2 N–H and O–H groups in total. The van der Waals surface area contributed by atoms with Crippen molar-refractivity contribution in [2.24, 2.45) is 7.05 Å². The Morgan fingerprint density at radius 2 is 2.00 bits per heavy atom. The maximum absolute atomic E-state index is 11.4. The average Bonchev–Trinajstić information content (AvgIpc) is 2.56. The summed E-state index contributed by atoms with van der Waals surface area (Å²) in [6.07, 6.45) is 0.983. The van der Waals surface area contributed by atoms with Crippen molar-refractivity contribution >= 4 is 21.6 Å². The molecule has 0 unspecified atom stereocenters. The molecule has 1 aromatic rings. The van der Waals surface area contributed by atoms with E-state index >= 15 is 0 Å². The third-order valence-electron chi connectivity index (χ3n) is 3.33. The van der Waals surface area contributed by atoms with Crippen LogP contribution in [0.25, 0.3) is 0 Å². The lowest BCUT2D eigenvalue weighted by atomic mass is 10.1. The van der Waals surface area contributed by atoms with E-state index < -0.39 is 15.8 Å². The van der Waals surface area contributed by atoms with Gasteiger partial charge in [0.2, 0.25) is 0 Å². The Hall–Kier alpha value is -1.57. The van der Waals surface area contributed by atoms with Gasteiger partial charge in [0.25, 0.3) is 0 Å². The molecule has 2 heterocycles. The molecule has 8 heteroatoms. The van der Waals surface area contributed by atoms with Crippen LogP contribution in [-0.2, 0) is 16.9 Å². The summed E-state index contributed by atoms with van der Waals surface area (Å²) in [6.45, 7) is 1.64. The molecule has 106 valence electrons. The molecule has 0 saturated carbocycles. The van der Waals surface area contributed by atoms with Crippen molar-refractivity contribution in [1.29, 1.82) is 0 Å². The van der Waals surface area contributed by atoms with E-state index in [-0.39, 0.29) is 23.1 Å². The van der Waals surface area contributed by atoms with E-state index in [9.17, 15) is 18.3 Å². The molecule has 1 saturated heterocycles. The van der Waals surface area contributed by atoms with Crippen LogP contribution in [0, 0.1) is 6.92 Å². The quantitative estimate of drug-likeness (QED) is 0.835. The number of carboxylic acid groups (broad SMARTS) is 1. The van der Waals surface area contributed by atoms with Crippen molar-refractivity contribution in [3.05, 3.63) is 11.3 Å². The van der Waals surface area contributed by atoms with E-state index in [2.05, 4.69) is 10.4 Å². The molecule has 0 aromatic carbocycles. The number of carbonyl (C=O) groups is 1. The van der Waals surface area contributed by atoms with Gasteiger partial charge in [0.05, 0.1) is 17.2 Å². The first-order valence-electron chi connectivity index (χ1n) is 6.04. The van der Waals surface area contributed by atoms with E-state index in [1.807, 2.05) is 0 Å². The molecule has 1 aliphatic heterocycles. The predicted molar refractivity (Wildman–Crippen MR) is 70.2 cm³/mol. The summed E-state index contributed by atoms with van der Waals surface area (Å²) in [5, 5.41) is 16.4. The minimum atomic E-state index is -2.92. The van der Waals surface area contributed by atoms with Crippen LogP contribution >= 0.6 is 0 Å². The summed E-state index contributed by atoms with van der Waals surface area (Å²) in [5.41, 5.74) is 0.594. The number of carboxylic acids is 1. The fourth-order valence-corrected chi connectivity index (χ4v) is 3.80. The second-order valence-corrected chi connectivity index (χ2v) is 7.11. The molecule has 1 fully saturated rings. The zero-order valence-electron chi connectivity index (χ0n) is 10.9. The summed E-state index contributed by atoms with van der Waals surface area (Å²) < 4.78 is 24.2. The van der Waals surface area contributed by atoms with Crippen LogP contribution in [0.1, 0.15) is 28.9 Å². The van der Waals surface area contributed by atoms with E-state index in [1.165, 1.54) is 4.68 Å². The maximum Gasteiger partial charge on any atom is 0.341 e. The number of hydrogen-bond donors (Lipinski definition) is 2. The van der Waals surface area contributed by atoms with Crippen molar-refractivity contribution < 1.29 is 18.3 Å². The fraction of sp³-hybridized carbons (Fsp3) is 0.636. The number of hydrogen-bond acceptors (Lipinski definition) is 5. The fourth-order valence-electron chi connectivity index (χ4n) is 2.31. The van der Waals surface area contributed by atoms with E-state index in [0.29, 0.717) is 24.4 Å². The largest absolute Gasteiger partial charge is 0.477 e. The van der Waals surface area contributed by atoms with Crippen molar-refractivity contribution in [2.75, 3.05) is 16.8 Å². The summed E-state index contributed by atoms with van der Waals surface area (Å²) in [6, 6.07) is -0.0311. The zero-order chi connectivity index (χ0) is 14.2. The van der Waals surface area contributed by atoms with E-state index in [4.69, 9.17) is 0 Å². The standard InChI is InChI=1S/C11H17N3O4S/c1-7-9(11(15)16)10(14(2)13-7)12-8-3-5-19(17,18)6-4-8/h8,12H,3-6H2,1-2H3,(H,15,16). The molecule has 0 spiro atoms. The number of aromatic nitrogens is 2. The van der Waals surface area contributed by atoms with Crippen molar-refractivity contribution in [3.8, 4) is 0 Å². The molecule has 0 bridgehead atoms. The van der Waals surface area contributed by atoms with E-state index in [0.717, 1.165) is 0 Å². The van der Waals surface area contributed by atoms with Crippen LogP contribution in [0.4, 0.5) is 5.82 Å². The lowest BCUT2D eigenvalue weighted by Crippen LogP contribution is -2.33. The summed E-state index contributed by atoms with van der Waals surface area (Å²) in [7, 11) is -1.25. The van der Waals surface area contributed by atoms with Gasteiger partial charge in [0.15, 0.2) is 0 Å². The van der Waals surface area contributed by atoms with Crippen LogP contribution in [0.15, 0.2) is 0 Å². The lowest BCUT2D eigenvalue weighted by molar-refractivity contribution is 0.0697. The van der Waals surface area contributed by atoms with Crippen LogP contribution in [-0.4, -0.2) is 46.8 Å². The number of aromatic carboxylic acids is 1. The van der Waals surface area contributed by atoms with Crippen LogP contribution in [0.2, 0.25) is 0 Å². The second-order valence-electron chi connectivity index (χ2n) is 4.81. The van der Waals surface area contributed by atoms with Gasteiger partial charge in [-0.2, -0.15) is 5.10 Å². The molecule has 0 aliphatic carbocycles. The number of aryl methyl sites for hydroxylation is 2. The Morgan fingerprint density at radius 1 is 1.42 bits per heavy atom. The Bertz CT molecular complexity index is 592. The Labute approximate surface area is 111 Å². The number of anilines is 1. The maximum atomic E-state index is 11.4. The van der Waals surface area contributed by atoms with Gasteiger partial charge in [-0.15, -0.1) is 0 Å². The van der Waals surface area contributed by atoms with Gasteiger partial charge in [-0.1, -0.05) is 0 Å². The molecule has 0 amide bonds. The minimum absolute atomic E-state index is 0.0311. The SMILES string of the molecule is Cc1nn(C)c(NC2CCS(=O)(=O)CC2)c1C(=O)O. The highest BCUT2D eigenvalue weighted by Gasteiger charge is 2.27. The van der Waals surface area contributed by atoms with Crippen LogP contribution in [0.5, 0.6) is 0 Å². The lowest BCUT2D eigenvalue weighted by Gasteiger charge is -2.24. The topological polar surface area (TPSA) is 101 Å². The van der Waals surface area contributed by atoms with Crippen LogP contribution < -0.4 is 5.32 Å². The zero-order valence-corrected chi connectivity index (χ0v) is 11.7. The highest BCUT2D eigenvalue weighted by Crippen LogP contribution is 2.23. The second kappa shape index (κ2) is 4.84. The Kier molecular flexibility index (Phi) is 3.53.